The molecular formula is C16H21NO4. The van der Waals surface area contributed by atoms with Gasteiger partial charge >= 0.3 is 5.97 Å². The van der Waals surface area contributed by atoms with E-state index in [0.29, 0.717) is 18.2 Å². The molecule has 1 unspecified atom stereocenters. The predicted molar refractivity (Wildman–Crippen MR) is 77.8 cm³/mol. The molecule has 21 heavy (non-hydrogen) atoms. The third kappa shape index (κ3) is 2.70. The molecule has 0 aromatic heterocycles. The number of aliphatic carboxylic acids is 1. The average molecular weight is 291 g/mol. The molecule has 3 rings (SSSR count). The van der Waals surface area contributed by atoms with Crippen LogP contribution in [0.5, 0.6) is 11.5 Å². The molecule has 1 heterocycles. The molecule has 5 nitrogen and oxygen atoms in total. The molecule has 1 atom stereocenters. The zero-order valence-corrected chi connectivity index (χ0v) is 12.5. The Hall–Kier alpha value is -1.75. The summed E-state index contributed by atoms with van der Waals surface area (Å²) < 4.78 is 10.7. The molecule has 0 bridgehead atoms. The quantitative estimate of drug-likeness (QED) is 0.898. The molecule has 0 amide bonds. The van der Waals surface area contributed by atoms with Gasteiger partial charge in [0.1, 0.15) is 6.04 Å². The lowest BCUT2D eigenvalue weighted by Gasteiger charge is -2.33. The van der Waals surface area contributed by atoms with Crippen LogP contribution < -0.4 is 9.47 Å². The van der Waals surface area contributed by atoms with Gasteiger partial charge in [-0.3, -0.25) is 9.69 Å². The van der Waals surface area contributed by atoms with Crippen LogP contribution in [0, 0.1) is 5.92 Å². The Balaban J connectivity index is 1.85. The van der Waals surface area contributed by atoms with Gasteiger partial charge in [0.15, 0.2) is 11.5 Å². The molecule has 1 N–H and O–H groups in total. The zero-order chi connectivity index (χ0) is 15.0. The Morgan fingerprint density at radius 3 is 2.38 bits per heavy atom. The second-order valence-corrected chi connectivity index (χ2v) is 5.82. The molecule has 1 aromatic rings. The van der Waals surface area contributed by atoms with E-state index in [1.165, 1.54) is 5.56 Å². The van der Waals surface area contributed by atoms with E-state index in [0.717, 1.165) is 37.1 Å². The van der Waals surface area contributed by atoms with Gasteiger partial charge in [0.25, 0.3) is 0 Å². The highest BCUT2D eigenvalue weighted by molar-refractivity contribution is 5.74. The van der Waals surface area contributed by atoms with Crippen molar-refractivity contribution in [2.75, 3.05) is 20.8 Å². The van der Waals surface area contributed by atoms with E-state index < -0.39 is 5.97 Å². The maximum atomic E-state index is 11.5. The fourth-order valence-corrected chi connectivity index (χ4v) is 3.21. The molecule has 0 radical (unpaired) electrons. The fourth-order valence-electron chi connectivity index (χ4n) is 3.21. The van der Waals surface area contributed by atoms with Gasteiger partial charge < -0.3 is 14.6 Å². The van der Waals surface area contributed by atoms with Gasteiger partial charge in [0.2, 0.25) is 0 Å². The molecule has 5 heteroatoms. The van der Waals surface area contributed by atoms with Crippen LogP contribution in [-0.2, 0) is 17.8 Å². The Morgan fingerprint density at radius 1 is 1.24 bits per heavy atom. The number of carbonyl (C=O) groups is 1. The van der Waals surface area contributed by atoms with Crippen LogP contribution in [0.3, 0.4) is 0 Å². The number of methoxy groups -OCH3 is 2. The van der Waals surface area contributed by atoms with Crippen LogP contribution in [-0.4, -0.2) is 42.8 Å². The van der Waals surface area contributed by atoms with Crippen LogP contribution in [0.2, 0.25) is 0 Å². The van der Waals surface area contributed by atoms with E-state index in [1.54, 1.807) is 14.2 Å². The number of rotatable bonds is 5. The summed E-state index contributed by atoms with van der Waals surface area (Å²) >= 11 is 0. The van der Waals surface area contributed by atoms with Crippen LogP contribution in [0.4, 0.5) is 0 Å². The van der Waals surface area contributed by atoms with Gasteiger partial charge in [0.05, 0.1) is 14.2 Å². The predicted octanol–water partition coefficient (Wildman–Crippen LogP) is 1.93. The lowest BCUT2D eigenvalue weighted by atomic mass is 9.96. The first kappa shape index (κ1) is 14.2. The topological polar surface area (TPSA) is 59.0 Å². The molecule has 1 aromatic carbocycles. The second kappa shape index (κ2) is 5.56. The number of carboxylic acids is 1. The first-order valence-electron chi connectivity index (χ1n) is 7.34. The van der Waals surface area contributed by atoms with Crippen molar-refractivity contribution >= 4 is 5.97 Å². The fraction of sp³-hybridized carbons (Fsp3) is 0.562. The lowest BCUT2D eigenvalue weighted by molar-refractivity contribution is -0.144. The third-order valence-corrected chi connectivity index (χ3v) is 4.46. The highest BCUT2D eigenvalue weighted by Crippen LogP contribution is 2.39. The largest absolute Gasteiger partial charge is 0.493 e. The van der Waals surface area contributed by atoms with Crippen molar-refractivity contribution in [3.63, 3.8) is 0 Å². The van der Waals surface area contributed by atoms with Gasteiger partial charge in [0, 0.05) is 13.1 Å². The lowest BCUT2D eigenvalue weighted by Crippen LogP contribution is -2.45. The minimum atomic E-state index is -0.693. The SMILES string of the molecule is COc1cc2c(cc1OC)CN(C(C(=O)O)C1CC1)CC2. The molecule has 0 spiro atoms. The summed E-state index contributed by atoms with van der Waals surface area (Å²) in [4.78, 5) is 13.6. The average Bonchev–Trinajstić information content (AvgIpc) is 3.30. The maximum Gasteiger partial charge on any atom is 0.321 e. The van der Waals surface area contributed by atoms with Crippen LogP contribution in [0.15, 0.2) is 12.1 Å². The summed E-state index contributed by atoms with van der Waals surface area (Å²) in [5.41, 5.74) is 2.37. The smallest absolute Gasteiger partial charge is 0.321 e. The van der Waals surface area contributed by atoms with Crippen molar-refractivity contribution in [1.82, 2.24) is 4.90 Å². The van der Waals surface area contributed by atoms with E-state index in [-0.39, 0.29) is 6.04 Å². The maximum absolute atomic E-state index is 11.5. The number of fused-ring (bicyclic) bond motifs is 1. The Labute approximate surface area is 124 Å². The van der Waals surface area contributed by atoms with E-state index in [4.69, 9.17) is 9.47 Å². The van der Waals surface area contributed by atoms with Gasteiger partial charge in [-0.1, -0.05) is 0 Å². The molecule has 1 saturated carbocycles. The number of ether oxygens (including phenoxy) is 2. The van der Waals surface area contributed by atoms with E-state index in [9.17, 15) is 9.90 Å². The van der Waals surface area contributed by atoms with Crippen molar-refractivity contribution in [3.05, 3.63) is 23.3 Å². The number of nitrogens with zero attached hydrogens (tertiary/aromatic N) is 1. The first-order chi connectivity index (χ1) is 10.1. The van der Waals surface area contributed by atoms with Crippen molar-refractivity contribution in [2.45, 2.75) is 31.8 Å². The zero-order valence-electron chi connectivity index (χ0n) is 12.5. The van der Waals surface area contributed by atoms with Gasteiger partial charge in [-0.25, -0.2) is 0 Å². The number of hydrogen-bond acceptors (Lipinski definition) is 4. The van der Waals surface area contributed by atoms with Gasteiger partial charge in [-0.2, -0.15) is 0 Å². The normalized spacial score (nSPS) is 19.7. The summed E-state index contributed by atoms with van der Waals surface area (Å²) in [7, 11) is 3.25. The minimum Gasteiger partial charge on any atom is -0.493 e. The van der Waals surface area contributed by atoms with Gasteiger partial charge in [-0.05, 0) is 48.4 Å². The minimum absolute atomic E-state index is 0.323. The highest BCUT2D eigenvalue weighted by atomic mass is 16.5. The summed E-state index contributed by atoms with van der Waals surface area (Å²) in [6.45, 7) is 1.46. The number of carboxylic acid groups (broad SMARTS) is 1. The monoisotopic (exact) mass is 291 g/mol. The Bertz CT molecular complexity index is 553. The molecule has 1 fully saturated rings. The number of benzene rings is 1. The Morgan fingerprint density at radius 2 is 1.86 bits per heavy atom. The van der Waals surface area contributed by atoms with E-state index in [1.807, 2.05) is 12.1 Å². The van der Waals surface area contributed by atoms with E-state index in [2.05, 4.69) is 4.90 Å². The Kier molecular flexibility index (Phi) is 3.76. The van der Waals surface area contributed by atoms with Crippen LogP contribution in [0.25, 0.3) is 0 Å². The molecule has 114 valence electrons. The van der Waals surface area contributed by atoms with Gasteiger partial charge in [-0.15, -0.1) is 0 Å². The van der Waals surface area contributed by atoms with Crippen molar-refractivity contribution in [3.8, 4) is 11.5 Å². The second-order valence-electron chi connectivity index (χ2n) is 5.82. The molecular weight excluding hydrogens is 270 g/mol. The highest BCUT2D eigenvalue weighted by Gasteiger charge is 2.41. The van der Waals surface area contributed by atoms with E-state index >= 15 is 0 Å². The van der Waals surface area contributed by atoms with Crippen LogP contribution >= 0.6 is 0 Å². The third-order valence-electron chi connectivity index (χ3n) is 4.46. The molecule has 0 saturated heterocycles. The summed E-state index contributed by atoms with van der Waals surface area (Å²) in [5, 5.41) is 9.48. The first-order valence-corrected chi connectivity index (χ1v) is 7.34. The van der Waals surface area contributed by atoms with Crippen molar-refractivity contribution in [1.29, 1.82) is 0 Å². The standard InChI is InChI=1S/C16H21NO4/c1-20-13-7-11-5-6-17(9-12(11)8-14(13)21-2)15(16(18)19)10-3-4-10/h7-8,10,15H,3-6,9H2,1-2H3,(H,18,19). The summed E-state index contributed by atoms with van der Waals surface area (Å²) in [5.74, 6) is 1.07. The molecule has 1 aliphatic carbocycles. The molecule has 1 aliphatic heterocycles. The van der Waals surface area contributed by atoms with Crippen LogP contribution in [0.1, 0.15) is 24.0 Å². The van der Waals surface area contributed by atoms with Crippen molar-refractivity contribution < 1.29 is 19.4 Å². The van der Waals surface area contributed by atoms with Crippen molar-refractivity contribution in [2.24, 2.45) is 5.92 Å². The summed E-state index contributed by atoms with van der Waals surface area (Å²) in [6, 6.07) is 3.65. The number of hydrogen-bond donors (Lipinski definition) is 1. The summed E-state index contributed by atoms with van der Waals surface area (Å²) in [6.07, 6.45) is 2.92. The molecule has 2 aliphatic rings.